The summed E-state index contributed by atoms with van der Waals surface area (Å²) in [5.41, 5.74) is 0. The van der Waals surface area contributed by atoms with E-state index >= 15 is 0 Å². The Labute approximate surface area is 94.9 Å². The topological polar surface area (TPSA) is 23.3 Å². The average Bonchev–Trinajstić information content (AvgIpc) is 2.65. The van der Waals surface area contributed by atoms with E-state index < -0.39 is 0 Å². The number of hydrogen-bond acceptors (Lipinski definition) is 2. The zero-order valence-corrected chi connectivity index (χ0v) is 9.90. The average molecular weight is 235 g/mol. The highest BCUT2D eigenvalue weighted by atomic mass is 35.5. The van der Waals surface area contributed by atoms with Gasteiger partial charge in [-0.2, -0.15) is 0 Å². The van der Waals surface area contributed by atoms with Gasteiger partial charge in [-0.25, -0.2) is 4.58 Å². The van der Waals surface area contributed by atoms with E-state index in [9.17, 15) is 4.79 Å². The van der Waals surface area contributed by atoms with Gasteiger partial charge >= 0.3 is 0 Å². The number of halogens is 1. The van der Waals surface area contributed by atoms with Crippen molar-refractivity contribution < 1.29 is 21.8 Å². The van der Waals surface area contributed by atoms with E-state index in [1.807, 2.05) is 16.7 Å². The number of thioether (sulfide) groups is 1. The Hall–Kier alpha value is -0.220. The Morgan fingerprint density at radius 2 is 2.36 bits per heavy atom. The first kappa shape index (κ1) is 11.9. The lowest BCUT2D eigenvalue weighted by Gasteiger charge is -2.12. The minimum absolute atomic E-state index is 0. The van der Waals surface area contributed by atoms with E-state index in [4.69, 9.17) is 0 Å². The maximum atomic E-state index is 11.4. The second-order valence-electron chi connectivity index (χ2n) is 3.53. The number of carbonyl (C=O) groups excluding carboxylic acids is 1. The molecule has 0 aromatic rings. The van der Waals surface area contributed by atoms with Crippen molar-refractivity contribution in [3.8, 4) is 0 Å². The maximum Gasteiger partial charge on any atom is 0.227 e. The summed E-state index contributed by atoms with van der Waals surface area (Å²) in [6.45, 7) is 5.00. The molecule has 2 rings (SSSR count). The molecule has 0 aromatic heterocycles. The summed E-state index contributed by atoms with van der Waals surface area (Å²) in [5, 5.41) is 1.36. The summed E-state index contributed by atoms with van der Waals surface area (Å²) < 4.78 is 2.30. The summed E-state index contributed by atoms with van der Waals surface area (Å²) in [6, 6.07) is 0. The van der Waals surface area contributed by atoms with Gasteiger partial charge in [0.15, 0.2) is 6.54 Å². The number of amides is 1. The van der Waals surface area contributed by atoms with Crippen molar-refractivity contribution in [2.24, 2.45) is 0 Å². The highest BCUT2D eigenvalue weighted by molar-refractivity contribution is 8.13. The van der Waals surface area contributed by atoms with Crippen LogP contribution in [0.4, 0.5) is 0 Å². The fraction of sp³-hybridized carbons (Fsp3) is 0.778. The lowest BCUT2D eigenvalue weighted by Crippen LogP contribution is -3.00. The first-order valence-electron chi connectivity index (χ1n) is 4.76. The second-order valence-corrected chi connectivity index (χ2v) is 4.82. The van der Waals surface area contributed by atoms with Gasteiger partial charge < -0.3 is 12.4 Å². The molecule has 1 saturated heterocycles. The lowest BCUT2D eigenvalue weighted by atomic mass is 10.4. The van der Waals surface area contributed by atoms with E-state index in [0.29, 0.717) is 5.91 Å². The molecule has 0 bridgehead atoms. The molecule has 2 heterocycles. The third kappa shape index (κ3) is 2.42. The smallest absolute Gasteiger partial charge is 0.227 e. The van der Waals surface area contributed by atoms with Gasteiger partial charge in [-0.05, 0) is 6.42 Å². The molecule has 14 heavy (non-hydrogen) atoms. The van der Waals surface area contributed by atoms with Crippen molar-refractivity contribution in [3.05, 3.63) is 0 Å². The van der Waals surface area contributed by atoms with Crippen LogP contribution in [0.2, 0.25) is 0 Å². The third-order valence-electron chi connectivity index (χ3n) is 2.63. The molecule has 5 heteroatoms. The Balaban J connectivity index is 0.000000980. The van der Waals surface area contributed by atoms with Gasteiger partial charge in [0.2, 0.25) is 17.6 Å². The molecule has 1 fully saturated rings. The van der Waals surface area contributed by atoms with E-state index in [-0.39, 0.29) is 12.4 Å². The molecule has 80 valence electrons. The van der Waals surface area contributed by atoms with Crippen LogP contribution in [-0.2, 0) is 4.79 Å². The molecule has 2 aliphatic heterocycles. The van der Waals surface area contributed by atoms with E-state index in [2.05, 4.69) is 11.5 Å². The highest BCUT2D eigenvalue weighted by Crippen LogP contribution is 2.14. The number of hydrogen-bond donors (Lipinski definition) is 0. The number of carbonyl (C=O) groups is 1. The summed E-state index contributed by atoms with van der Waals surface area (Å²) in [6.07, 6.45) is 1.79. The molecule has 0 radical (unpaired) electrons. The fourth-order valence-corrected chi connectivity index (χ4v) is 2.72. The quantitative estimate of drug-likeness (QED) is 0.504. The zero-order valence-electron chi connectivity index (χ0n) is 8.33. The normalized spacial score (nSPS) is 21.8. The maximum absolute atomic E-state index is 11.4. The van der Waals surface area contributed by atoms with Crippen LogP contribution < -0.4 is 12.4 Å². The summed E-state index contributed by atoms with van der Waals surface area (Å²) >= 11 is 1.89. The number of likely N-dealkylation sites (tertiary alicyclic amines) is 1. The SMILES string of the molecule is CC1=[N+](CN2CCCC2=O)CCS1.[Cl-]. The van der Waals surface area contributed by atoms with Crippen LogP contribution in [0.5, 0.6) is 0 Å². The van der Waals surface area contributed by atoms with E-state index in [1.165, 1.54) is 10.8 Å². The molecule has 3 nitrogen and oxygen atoms in total. The van der Waals surface area contributed by atoms with Gasteiger partial charge in [0.1, 0.15) is 0 Å². The minimum atomic E-state index is 0. The molecule has 0 saturated carbocycles. The van der Waals surface area contributed by atoms with Crippen LogP contribution in [0, 0.1) is 0 Å². The second kappa shape index (κ2) is 5.03. The van der Waals surface area contributed by atoms with Crippen LogP contribution in [-0.4, -0.2) is 45.9 Å². The number of rotatable bonds is 2. The van der Waals surface area contributed by atoms with E-state index in [1.54, 1.807) is 0 Å². The first-order chi connectivity index (χ1) is 6.27. The Morgan fingerprint density at radius 3 is 2.86 bits per heavy atom. The van der Waals surface area contributed by atoms with Gasteiger partial charge in [0.25, 0.3) is 0 Å². The van der Waals surface area contributed by atoms with Gasteiger partial charge in [0, 0.05) is 19.9 Å². The van der Waals surface area contributed by atoms with Gasteiger partial charge in [-0.3, -0.25) is 9.69 Å². The molecule has 0 aromatic carbocycles. The van der Waals surface area contributed by atoms with Crippen molar-refractivity contribution >= 4 is 22.7 Å². The zero-order chi connectivity index (χ0) is 9.26. The molecular weight excluding hydrogens is 220 g/mol. The largest absolute Gasteiger partial charge is 1.00 e. The lowest BCUT2D eigenvalue weighted by molar-refractivity contribution is -0.535. The summed E-state index contributed by atoms with van der Waals surface area (Å²) in [4.78, 5) is 13.3. The van der Waals surface area contributed by atoms with Crippen LogP contribution in [0.25, 0.3) is 0 Å². The molecule has 2 aliphatic rings. The third-order valence-corrected chi connectivity index (χ3v) is 3.69. The molecule has 0 spiro atoms. The van der Waals surface area contributed by atoms with Gasteiger partial charge in [-0.15, -0.1) is 0 Å². The Kier molecular flexibility index (Phi) is 4.26. The minimum Gasteiger partial charge on any atom is -1.00 e. The molecule has 0 aliphatic carbocycles. The standard InChI is InChI=1S/C9H15N2OS.ClH/c1-8-10(5-6-13-8)7-11-4-2-3-9(11)12;/h2-7H2,1H3;1H/q+1;/p-1. The van der Waals surface area contributed by atoms with Crippen molar-refractivity contribution in [1.29, 1.82) is 0 Å². The molecular formula is C9H15ClN2OS. The first-order valence-corrected chi connectivity index (χ1v) is 5.75. The van der Waals surface area contributed by atoms with Gasteiger partial charge in [-0.1, -0.05) is 11.8 Å². The van der Waals surface area contributed by atoms with Crippen LogP contribution >= 0.6 is 11.8 Å². The molecule has 0 N–H and O–H groups in total. The molecule has 0 atom stereocenters. The monoisotopic (exact) mass is 234 g/mol. The Morgan fingerprint density at radius 1 is 1.57 bits per heavy atom. The highest BCUT2D eigenvalue weighted by Gasteiger charge is 2.27. The fourth-order valence-electron chi connectivity index (χ4n) is 1.78. The van der Waals surface area contributed by atoms with Crippen molar-refractivity contribution in [2.45, 2.75) is 19.8 Å². The van der Waals surface area contributed by atoms with Crippen molar-refractivity contribution in [3.63, 3.8) is 0 Å². The van der Waals surface area contributed by atoms with Crippen molar-refractivity contribution in [2.75, 3.05) is 25.5 Å². The van der Waals surface area contributed by atoms with Crippen molar-refractivity contribution in [1.82, 2.24) is 4.90 Å². The predicted octanol–water partition coefficient (Wildman–Crippen LogP) is -2.25. The molecule has 0 unspecified atom stereocenters. The van der Waals surface area contributed by atoms with Gasteiger partial charge in [0.05, 0.1) is 5.75 Å². The van der Waals surface area contributed by atoms with Crippen LogP contribution in [0.15, 0.2) is 0 Å². The number of nitrogens with zero attached hydrogens (tertiary/aromatic N) is 2. The summed E-state index contributed by atoms with van der Waals surface area (Å²) in [5.74, 6) is 1.50. The predicted molar refractivity (Wildman–Crippen MR) is 54.1 cm³/mol. The van der Waals surface area contributed by atoms with Crippen LogP contribution in [0.1, 0.15) is 19.8 Å². The molecule has 1 amide bonds. The Bertz CT molecular complexity index is 268. The van der Waals surface area contributed by atoms with Crippen LogP contribution in [0.3, 0.4) is 0 Å². The summed E-state index contributed by atoms with van der Waals surface area (Å²) in [7, 11) is 0. The van der Waals surface area contributed by atoms with E-state index in [0.717, 1.165) is 32.6 Å².